The van der Waals surface area contributed by atoms with Crippen molar-refractivity contribution in [1.82, 2.24) is 10.6 Å². The van der Waals surface area contributed by atoms with E-state index in [2.05, 4.69) is 17.6 Å². The van der Waals surface area contributed by atoms with E-state index in [1.807, 2.05) is 0 Å². The van der Waals surface area contributed by atoms with Crippen LogP contribution < -0.4 is 10.6 Å². The third kappa shape index (κ3) is 4.55. The summed E-state index contributed by atoms with van der Waals surface area (Å²) in [7, 11) is 0. The lowest BCUT2D eigenvalue weighted by Crippen LogP contribution is -2.47. The highest BCUT2D eigenvalue weighted by molar-refractivity contribution is 6.35. The predicted octanol–water partition coefficient (Wildman–Crippen LogP) is 2.14. The van der Waals surface area contributed by atoms with Gasteiger partial charge in [-0.15, -0.1) is 0 Å². The number of carbonyl (C=O) groups excluding carboxylic acids is 2. The number of carbonyl (C=O) groups is 2. The molecule has 21 heavy (non-hydrogen) atoms. The maximum absolute atomic E-state index is 12.8. The number of rotatable bonds is 3. The van der Waals surface area contributed by atoms with Gasteiger partial charge in [0.15, 0.2) is 0 Å². The van der Waals surface area contributed by atoms with Gasteiger partial charge < -0.3 is 10.6 Å². The molecule has 114 valence electrons. The van der Waals surface area contributed by atoms with Crippen molar-refractivity contribution < 1.29 is 14.0 Å². The normalized spacial score (nSPS) is 21.6. The van der Waals surface area contributed by atoms with Crippen molar-refractivity contribution in [2.45, 2.75) is 45.2 Å². The minimum Gasteiger partial charge on any atom is -0.345 e. The van der Waals surface area contributed by atoms with Gasteiger partial charge in [0, 0.05) is 12.6 Å². The topological polar surface area (TPSA) is 58.2 Å². The smallest absolute Gasteiger partial charge is 0.309 e. The Morgan fingerprint density at radius 3 is 2.48 bits per heavy atom. The molecule has 1 fully saturated rings. The third-order valence-corrected chi connectivity index (χ3v) is 4.00. The van der Waals surface area contributed by atoms with E-state index in [9.17, 15) is 14.0 Å². The first-order valence-electron chi connectivity index (χ1n) is 7.39. The first-order valence-corrected chi connectivity index (χ1v) is 7.39. The molecule has 1 aromatic rings. The van der Waals surface area contributed by atoms with Gasteiger partial charge in [-0.1, -0.05) is 31.9 Å². The Morgan fingerprint density at radius 2 is 1.81 bits per heavy atom. The SMILES string of the molecule is CC1CCCCC1NC(=O)C(=O)NCc1ccc(F)cc1. The van der Waals surface area contributed by atoms with Crippen LogP contribution in [-0.2, 0) is 16.1 Å². The zero-order valence-corrected chi connectivity index (χ0v) is 12.2. The average molecular weight is 292 g/mol. The number of amides is 2. The highest BCUT2D eigenvalue weighted by Crippen LogP contribution is 2.23. The molecule has 1 saturated carbocycles. The first kappa shape index (κ1) is 15.5. The van der Waals surface area contributed by atoms with Gasteiger partial charge in [-0.05, 0) is 36.5 Å². The summed E-state index contributed by atoms with van der Waals surface area (Å²) >= 11 is 0. The molecular weight excluding hydrogens is 271 g/mol. The van der Waals surface area contributed by atoms with Crippen LogP contribution in [0.5, 0.6) is 0 Å². The van der Waals surface area contributed by atoms with Crippen LogP contribution >= 0.6 is 0 Å². The van der Waals surface area contributed by atoms with Crippen LogP contribution in [0.1, 0.15) is 38.2 Å². The fourth-order valence-corrected chi connectivity index (χ4v) is 2.63. The molecule has 1 aromatic carbocycles. The summed E-state index contributed by atoms with van der Waals surface area (Å²) in [5.74, 6) is -1.14. The summed E-state index contributed by atoms with van der Waals surface area (Å²) in [4.78, 5) is 23.6. The lowest BCUT2D eigenvalue weighted by atomic mass is 9.86. The number of hydrogen-bond acceptors (Lipinski definition) is 2. The summed E-state index contributed by atoms with van der Waals surface area (Å²) in [6.45, 7) is 2.31. The number of hydrogen-bond donors (Lipinski definition) is 2. The second-order valence-electron chi connectivity index (χ2n) is 5.65. The molecule has 0 heterocycles. The second-order valence-corrected chi connectivity index (χ2v) is 5.65. The molecule has 5 heteroatoms. The van der Waals surface area contributed by atoms with Gasteiger partial charge in [0.2, 0.25) is 0 Å². The van der Waals surface area contributed by atoms with Crippen LogP contribution in [-0.4, -0.2) is 17.9 Å². The molecule has 2 atom stereocenters. The van der Waals surface area contributed by atoms with Gasteiger partial charge in [0.05, 0.1) is 0 Å². The fraction of sp³-hybridized carbons (Fsp3) is 0.500. The standard InChI is InChI=1S/C16H21FN2O2/c1-11-4-2-3-5-14(11)19-16(21)15(20)18-10-12-6-8-13(17)9-7-12/h6-9,11,14H,2-5,10H2,1H3,(H,18,20)(H,19,21). The zero-order chi connectivity index (χ0) is 15.2. The highest BCUT2D eigenvalue weighted by atomic mass is 19.1. The van der Waals surface area contributed by atoms with Crippen LogP contribution in [0.25, 0.3) is 0 Å². The molecule has 2 rings (SSSR count). The quantitative estimate of drug-likeness (QED) is 0.839. The van der Waals surface area contributed by atoms with E-state index in [4.69, 9.17) is 0 Å². The van der Waals surface area contributed by atoms with Gasteiger partial charge in [0.1, 0.15) is 5.82 Å². The van der Waals surface area contributed by atoms with Gasteiger partial charge in [0.25, 0.3) is 0 Å². The number of nitrogens with one attached hydrogen (secondary N) is 2. The molecule has 0 aromatic heterocycles. The van der Waals surface area contributed by atoms with Crippen molar-refractivity contribution in [3.63, 3.8) is 0 Å². The van der Waals surface area contributed by atoms with Crippen molar-refractivity contribution in [3.05, 3.63) is 35.6 Å². The van der Waals surface area contributed by atoms with Crippen LogP contribution in [0.3, 0.4) is 0 Å². The molecule has 0 radical (unpaired) electrons. The van der Waals surface area contributed by atoms with E-state index >= 15 is 0 Å². The van der Waals surface area contributed by atoms with E-state index in [0.717, 1.165) is 24.8 Å². The van der Waals surface area contributed by atoms with Crippen LogP contribution in [0.4, 0.5) is 4.39 Å². The van der Waals surface area contributed by atoms with Crippen molar-refractivity contribution in [2.75, 3.05) is 0 Å². The molecule has 0 saturated heterocycles. The summed E-state index contributed by atoms with van der Waals surface area (Å²) in [6, 6.07) is 5.90. The molecule has 1 aliphatic rings. The molecular formula is C16H21FN2O2. The average Bonchev–Trinajstić information content (AvgIpc) is 2.48. The van der Waals surface area contributed by atoms with Crippen molar-refractivity contribution in [1.29, 1.82) is 0 Å². The first-order chi connectivity index (χ1) is 10.1. The zero-order valence-electron chi connectivity index (χ0n) is 12.2. The Balaban J connectivity index is 1.79. The number of halogens is 1. The van der Waals surface area contributed by atoms with E-state index in [1.54, 1.807) is 12.1 Å². The summed E-state index contributed by atoms with van der Waals surface area (Å²) in [5, 5.41) is 5.35. The van der Waals surface area contributed by atoms with Gasteiger partial charge >= 0.3 is 11.8 Å². The predicted molar refractivity (Wildman–Crippen MR) is 77.8 cm³/mol. The van der Waals surface area contributed by atoms with Crippen LogP contribution in [0.2, 0.25) is 0 Å². The second kappa shape index (κ2) is 7.20. The minimum absolute atomic E-state index is 0.0859. The third-order valence-electron chi connectivity index (χ3n) is 4.00. The van der Waals surface area contributed by atoms with E-state index < -0.39 is 11.8 Å². The van der Waals surface area contributed by atoms with Crippen molar-refractivity contribution in [3.8, 4) is 0 Å². The van der Waals surface area contributed by atoms with Gasteiger partial charge in [-0.3, -0.25) is 9.59 Å². The molecule has 0 bridgehead atoms. The lowest BCUT2D eigenvalue weighted by molar-refractivity contribution is -0.140. The van der Waals surface area contributed by atoms with Crippen molar-refractivity contribution in [2.24, 2.45) is 5.92 Å². The van der Waals surface area contributed by atoms with E-state index in [-0.39, 0.29) is 18.4 Å². The molecule has 2 N–H and O–H groups in total. The molecule has 4 nitrogen and oxygen atoms in total. The lowest BCUT2D eigenvalue weighted by Gasteiger charge is -2.29. The minimum atomic E-state index is -0.642. The Kier molecular flexibility index (Phi) is 5.31. The highest BCUT2D eigenvalue weighted by Gasteiger charge is 2.25. The summed E-state index contributed by atoms with van der Waals surface area (Å²) in [6.07, 6.45) is 4.29. The molecule has 2 unspecified atom stereocenters. The number of benzene rings is 1. The Hall–Kier alpha value is -1.91. The maximum Gasteiger partial charge on any atom is 0.309 e. The van der Waals surface area contributed by atoms with Gasteiger partial charge in [-0.25, -0.2) is 4.39 Å². The van der Waals surface area contributed by atoms with Gasteiger partial charge in [-0.2, -0.15) is 0 Å². The Bertz CT molecular complexity index is 502. The van der Waals surface area contributed by atoms with Crippen molar-refractivity contribution >= 4 is 11.8 Å². The molecule has 0 aliphatic heterocycles. The largest absolute Gasteiger partial charge is 0.345 e. The summed E-state index contributed by atoms with van der Waals surface area (Å²) in [5.41, 5.74) is 0.753. The Labute approximate surface area is 124 Å². The Morgan fingerprint density at radius 1 is 1.14 bits per heavy atom. The molecule has 0 spiro atoms. The van der Waals surface area contributed by atoms with E-state index in [0.29, 0.717) is 5.92 Å². The summed E-state index contributed by atoms with van der Waals surface area (Å²) < 4.78 is 12.8. The fourth-order valence-electron chi connectivity index (χ4n) is 2.63. The maximum atomic E-state index is 12.8. The van der Waals surface area contributed by atoms with Crippen LogP contribution in [0, 0.1) is 11.7 Å². The monoisotopic (exact) mass is 292 g/mol. The molecule has 1 aliphatic carbocycles. The molecule has 2 amide bonds. The van der Waals surface area contributed by atoms with Crippen LogP contribution in [0.15, 0.2) is 24.3 Å². The van der Waals surface area contributed by atoms with E-state index in [1.165, 1.54) is 18.6 Å².